The third kappa shape index (κ3) is 5.51. The van der Waals surface area contributed by atoms with Gasteiger partial charge >= 0.3 is 0 Å². The summed E-state index contributed by atoms with van der Waals surface area (Å²) in [5, 5.41) is 3.93. The molecule has 1 amide bonds. The Morgan fingerprint density at radius 3 is 2.35 bits per heavy atom. The van der Waals surface area contributed by atoms with E-state index in [-0.39, 0.29) is 5.91 Å². The van der Waals surface area contributed by atoms with Gasteiger partial charge in [-0.2, -0.15) is 4.31 Å². The summed E-state index contributed by atoms with van der Waals surface area (Å²) in [5.41, 5.74) is 3.03. The van der Waals surface area contributed by atoms with Crippen LogP contribution in [0.4, 0.5) is 0 Å². The average molecular weight is 466 g/mol. The molecule has 1 aliphatic heterocycles. The van der Waals surface area contributed by atoms with Crippen LogP contribution in [0.15, 0.2) is 33.7 Å². The second-order valence-corrected chi connectivity index (χ2v) is 10.9. The van der Waals surface area contributed by atoms with Gasteiger partial charge in [-0.1, -0.05) is 31.1 Å². The topological polar surface area (TPSA) is 83.7 Å². The molecule has 2 heterocycles. The van der Waals surface area contributed by atoms with Crippen LogP contribution < -0.4 is 0 Å². The molecular formula is C22H31N3O4S2. The molecule has 1 unspecified atom stereocenters. The van der Waals surface area contributed by atoms with Gasteiger partial charge in [0.25, 0.3) is 0 Å². The molecule has 0 bridgehead atoms. The Balaban J connectivity index is 1.51. The molecule has 0 aliphatic carbocycles. The maximum Gasteiger partial charge on any atom is 0.243 e. The molecule has 7 nitrogen and oxygen atoms in total. The van der Waals surface area contributed by atoms with Gasteiger partial charge in [0.05, 0.1) is 16.3 Å². The highest BCUT2D eigenvalue weighted by Gasteiger charge is 2.30. The van der Waals surface area contributed by atoms with Crippen LogP contribution in [0.25, 0.3) is 0 Å². The number of amides is 1. The third-order valence-electron chi connectivity index (χ3n) is 5.94. The quantitative estimate of drug-likeness (QED) is 0.593. The number of hydrogen-bond acceptors (Lipinski definition) is 6. The van der Waals surface area contributed by atoms with Gasteiger partial charge in [-0.25, -0.2) is 8.42 Å². The van der Waals surface area contributed by atoms with Crippen molar-refractivity contribution in [2.45, 2.75) is 50.7 Å². The Kier molecular flexibility index (Phi) is 7.82. The Morgan fingerprint density at radius 2 is 1.81 bits per heavy atom. The van der Waals surface area contributed by atoms with E-state index >= 15 is 0 Å². The normalized spacial score (nSPS) is 16.5. The molecule has 1 fully saturated rings. The van der Waals surface area contributed by atoms with Crippen molar-refractivity contribution < 1.29 is 17.7 Å². The van der Waals surface area contributed by atoms with E-state index < -0.39 is 10.0 Å². The standard InChI is InChI=1S/C22H31N3O4S2/c1-5-16(2)19-6-8-20(9-7-19)31(27,28)25-12-10-24(11-13-25)22(26)15-30-14-21-17(3)23-29-18(21)4/h6-9,16H,5,10-15H2,1-4H3. The third-order valence-corrected chi connectivity index (χ3v) is 8.80. The van der Waals surface area contributed by atoms with Crippen LogP contribution in [0.2, 0.25) is 0 Å². The van der Waals surface area contributed by atoms with Gasteiger partial charge in [0.2, 0.25) is 15.9 Å². The minimum Gasteiger partial charge on any atom is -0.361 e. The van der Waals surface area contributed by atoms with Gasteiger partial charge in [-0.05, 0) is 43.9 Å². The fourth-order valence-electron chi connectivity index (χ4n) is 3.57. The van der Waals surface area contributed by atoms with Crippen molar-refractivity contribution in [3.05, 3.63) is 46.8 Å². The number of hydrogen-bond donors (Lipinski definition) is 0. The zero-order valence-electron chi connectivity index (χ0n) is 18.6. The van der Waals surface area contributed by atoms with Crippen molar-refractivity contribution in [2.24, 2.45) is 0 Å². The Labute approximate surface area is 189 Å². The number of sulfonamides is 1. The van der Waals surface area contributed by atoms with Crippen molar-refractivity contribution in [3.63, 3.8) is 0 Å². The van der Waals surface area contributed by atoms with E-state index in [2.05, 4.69) is 19.0 Å². The Morgan fingerprint density at radius 1 is 1.16 bits per heavy atom. The summed E-state index contributed by atoms with van der Waals surface area (Å²) < 4.78 is 32.6. The predicted octanol–water partition coefficient (Wildman–Crippen LogP) is 3.57. The van der Waals surface area contributed by atoms with Crippen LogP contribution in [0.3, 0.4) is 0 Å². The van der Waals surface area contributed by atoms with E-state index in [1.165, 1.54) is 16.1 Å². The van der Waals surface area contributed by atoms with E-state index in [0.29, 0.717) is 48.5 Å². The van der Waals surface area contributed by atoms with E-state index in [9.17, 15) is 13.2 Å². The van der Waals surface area contributed by atoms with Gasteiger partial charge in [0.1, 0.15) is 5.76 Å². The average Bonchev–Trinajstić information content (AvgIpc) is 3.10. The highest BCUT2D eigenvalue weighted by atomic mass is 32.2. The summed E-state index contributed by atoms with van der Waals surface area (Å²) in [4.78, 5) is 14.6. The summed E-state index contributed by atoms with van der Waals surface area (Å²) in [7, 11) is -3.54. The van der Waals surface area contributed by atoms with Crippen LogP contribution >= 0.6 is 11.8 Å². The molecule has 170 valence electrons. The lowest BCUT2D eigenvalue weighted by Crippen LogP contribution is -2.50. The molecule has 1 atom stereocenters. The second kappa shape index (κ2) is 10.2. The van der Waals surface area contributed by atoms with E-state index in [4.69, 9.17) is 4.52 Å². The maximum absolute atomic E-state index is 13.0. The predicted molar refractivity (Wildman–Crippen MR) is 123 cm³/mol. The number of piperazine rings is 1. The minimum atomic E-state index is -3.54. The fourth-order valence-corrected chi connectivity index (χ4v) is 6.07. The molecule has 1 aliphatic rings. The molecule has 0 spiro atoms. The monoisotopic (exact) mass is 465 g/mol. The molecule has 1 aromatic heterocycles. The highest BCUT2D eigenvalue weighted by molar-refractivity contribution is 7.99. The number of nitrogens with zero attached hydrogens (tertiary/aromatic N) is 3. The van der Waals surface area contributed by atoms with E-state index in [0.717, 1.165) is 29.0 Å². The van der Waals surface area contributed by atoms with Gasteiger partial charge in [0, 0.05) is 37.5 Å². The molecule has 0 N–H and O–H groups in total. The molecule has 0 saturated carbocycles. The number of rotatable bonds is 8. The van der Waals surface area contributed by atoms with Crippen molar-refractivity contribution >= 4 is 27.7 Å². The summed E-state index contributed by atoms with van der Waals surface area (Å²) in [6.07, 6.45) is 1.01. The summed E-state index contributed by atoms with van der Waals surface area (Å²) in [6.45, 7) is 9.47. The van der Waals surface area contributed by atoms with Crippen molar-refractivity contribution in [1.82, 2.24) is 14.4 Å². The van der Waals surface area contributed by atoms with Crippen LogP contribution in [0.1, 0.15) is 48.8 Å². The fraction of sp³-hybridized carbons (Fsp3) is 0.545. The minimum absolute atomic E-state index is 0.0340. The zero-order chi connectivity index (χ0) is 22.6. The molecular weight excluding hydrogens is 434 g/mol. The first-order chi connectivity index (χ1) is 14.7. The lowest BCUT2D eigenvalue weighted by atomic mass is 9.99. The molecule has 1 aromatic carbocycles. The van der Waals surface area contributed by atoms with Gasteiger partial charge in [-0.15, -0.1) is 11.8 Å². The first-order valence-corrected chi connectivity index (χ1v) is 13.2. The Bertz CT molecular complexity index is 975. The number of carbonyl (C=O) groups is 1. The maximum atomic E-state index is 13.0. The number of thioether (sulfide) groups is 1. The smallest absolute Gasteiger partial charge is 0.243 e. The van der Waals surface area contributed by atoms with Crippen LogP contribution in [-0.4, -0.2) is 60.6 Å². The number of carbonyl (C=O) groups excluding carboxylic acids is 1. The first kappa shape index (κ1) is 23.8. The molecule has 31 heavy (non-hydrogen) atoms. The van der Waals surface area contributed by atoms with E-state index in [1.807, 2.05) is 26.0 Å². The second-order valence-electron chi connectivity index (χ2n) is 7.96. The molecule has 2 aromatic rings. The number of aromatic nitrogens is 1. The molecule has 3 rings (SSSR count). The number of benzene rings is 1. The molecule has 9 heteroatoms. The van der Waals surface area contributed by atoms with Crippen LogP contribution in [0.5, 0.6) is 0 Å². The lowest BCUT2D eigenvalue weighted by Gasteiger charge is -2.34. The summed E-state index contributed by atoms with van der Waals surface area (Å²) >= 11 is 1.53. The van der Waals surface area contributed by atoms with Crippen LogP contribution in [0, 0.1) is 13.8 Å². The summed E-state index contributed by atoms with van der Waals surface area (Å²) in [5.74, 6) is 2.25. The zero-order valence-corrected chi connectivity index (χ0v) is 20.3. The SMILES string of the molecule is CCC(C)c1ccc(S(=O)(=O)N2CCN(C(=O)CSCc3c(C)noc3C)CC2)cc1. The molecule has 1 saturated heterocycles. The van der Waals surface area contributed by atoms with E-state index in [1.54, 1.807) is 17.0 Å². The van der Waals surface area contributed by atoms with Crippen LogP contribution in [-0.2, 0) is 20.6 Å². The lowest BCUT2D eigenvalue weighted by molar-refractivity contribution is -0.129. The largest absolute Gasteiger partial charge is 0.361 e. The van der Waals surface area contributed by atoms with Gasteiger partial charge in [0.15, 0.2) is 0 Å². The molecule has 0 radical (unpaired) electrons. The highest BCUT2D eigenvalue weighted by Crippen LogP contribution is 2.24. The van der Waals surface area contributed by atoms with Gasteiger partial charge in [-0.3, -0.25) is 4.79 Å². The van der Waals surface area contributed by atoms with Crippen molar-refractivity contribution in [2.75, 3.05) is 31.9 Å². The van der Waals surface area contributed by atoms with Crippen molar-refractivity contribution in [3.8, 4) is 0 Å². The Hall–Kier alpha value is -1.84. The van der Waals surface area contributed by atoms with Gasteiger partial charge < -0.3 is 9.42 Å². The summed E-state index contributed by atoms with van der Waals surface area (Å²) in [6, 6.07) is 7.19. The first-order valence-electron chi connectivity index (χ1n) is 10.6. The van der Waals surface area contributed by atoms with Crippen molar-refractivity contribution in [1.29, 1.82) is 0 Å². The number of aryl methyl sites for hydroxylation is 2.